The fourth-order valence-electron chi connectivity index (χ4n) is 2.59. The van der Waals surface area contributed by atoms with Gasteiger partial charge in [0.15, 0.2) is 0 Å². The van der Waals surface area contributed by atoms with Gasteiger partial charge in [-0.2, -0.15) is 0 Å². The maximum atomic E-state index is 12.2. The number of Topliss-reactive ketones (excluding diaryl/α,β-unsaturated/α-hetero) is 1. The highest BCUT2D eigenvalue weighted by Gasteiger charge is 2.29. The van der Waals surface area contributed by atoms with E-state index in [1.54, 1.807) is 25.7 Å². The molecule has 0 aromatic heterocycles. The molecule has 1 saturated heterocycles. The topological polar surface area (TPSA) is 69.7 Å². The summed E-state index contributed by atoms with van der Waals surface area (Å²) in [6.07, 6.45) is 0. The van der Waals surface area contributed by atoms with E-state index in [0.29, 0.717) is 31.2 Å². The number of halogens is 1. The van der Waals surface area contributed by atoms with Gasteiger partial charge < -0.3 is 15.1 Å². The van der Waals surface area contributed by atoms with E-state index in [4.69, 9.17) is 11.6 Å². The van der Waals surface area contributed by atoms with Crippen molar-refractivity contribution in [1.29, 1.82) is 0 Å². The zero-order chi connectivity index (χ0) is 18.6. The lowest BCUT2D eigenvalue weighted by atomic mass is 9.90. The van der Waals surface area contributed by atoms with Crippen LogP contribution in [0.25, 0.3) is 0 Å². The number of benzene rings is 1. The van der Waals surface area contributed by atoms with Crippen LogP contribution in [0.2, 0.25) is 5.02 Å². The van der Waals surface area contributed by atoms with Crippen molar-refractivity contribution in [2.45, 2.75) is 20.8 Å². The number of nitrogens with one attached hydrogen (secondary N) is 1. The molecule has 0 bridgehead atoms. The van der Waals surface area contributed by atoms with Gasteiger partial charge in [0.05, 0.1) is 17.3 Å². The minimum absolute atomic E-state index is 0.160. The molecule has 7 heteroatoms. The second-order valence-electron chi connectivity index (χ2n) is 7.08. The molecule has 1 aliphatic heterocycles. The summed E-state index contributed by atoms with van der Waals surface area (Å²) < 4.78 is 0. The van der Waals surface area contributed by atoms with Crippen LogP contribution in [0.1, 0.15) is 20.8 Å². The van der Waals surface area contributed by atoms with Gasteiger partial charge in [-0.1, -0.05) is 44.5 Å². The number of ketones is 1. The molecule has 2 amide bonds. The predicted octanol–water partition coefficient (Wildman–Crippen LogP) is 1.72. The number of amides is 2. The third-order valence-corrected chi connectivity index (χ3v) is 4.43. The molecule has 1 fully saturated rings. The summed E-state index contributed by atoms with van der Waals surface area (Å²) in [5.74, 6) is -1.42. The molecule has 136 valence electrons. The maximum absolute atomic E-state index is 12.2. The van der Waals surface area contributed by atoms with E-state index in [2.05, 4.69) is 10.2 Å². The standard InChI is InChI=1S/C18H24ClN3O3/c1-18(2,3)16(24)17(25)20-12-15(23)22-10-8-21(9-11-22)14-7-5-4-6-13(14)19/h4-7H,8-12H2,1-3H3,(H,20,25). The molecule has 6 nitrogen and oxygen atoms in total. The summed E-state index contributed by atoms with van der Waals surface area (Å²) in [4.78, 5) is 39.7. The van der Waals surface area contributed by atoms with Gasteiger partial charge >= 0.3 is 0 Å². The number of anilines is 1. The Morgan fingerprint density at radius 3 is 2.24 bits per heavy atom. The van der Waals surface area contributed by atoms with Crippen molar-refractivity contribution in [2.75, 3.05) is 37.6 Å². The Kier molecular flexibility index (Phi) is 6.06. The molecule has 25 heavy (non-hydrogen) atoms. The van der Waals surface area contributed by atoms with Crippen molar-refractivity contribution >= 4 is 34.9 Å². The number of rotatable bonds is 4. The fourth-order valence-corrected chi connectivity index (χ4v) is 2.85. The van der Waals surface area contributed by atoms with Crippen LogP contribution in [0.15, 0.2) is 24.3 Å². The molecule has 0 unspecified atom stereocenters. The highest BCUT2D eigenvalue weighted by Crippen LogP contribution is 2.26. The van der Waals surface area contributed by atoms with Gasteiger partial charge in [-0.3, -0.25) is 14.4 Å². The highest BCUT2D eigenvalue weighted by atomic mass is 35.5. The zero-order valence-electron chi connectivity index (χ0n) is 14.8. The average Bonchev–Trinajstić information content (AvgIpc) is 2.58. The highest BCUT2D eigenvalue weighted by molar-refractivity contribution is 6.38. The molecule has 1 aliphatic rings. The number of carbonyl (C=O) groups is 3. The van der Waals surface area contributed by atoms with E-state index in [9.17, 15) is 14.4 Å². The molecule has 0 radical (unpaired) electrons. The molecule has 0 atom stereocenters. The van der Waals surface area contributed by atoms with Crippen molar-refractivity contribution < 1.29 is 14.4 Å². The van der Waals surface area contributed by atoms with Gasteiger partial charge in [0.2, 0.25) is 11.7 Å². The van der Waals surface area contributed by atoms with Crippen molar-refractivity contribution in [3.8, 4) is 0 Å². The number of carbonyl (C=O) groups excluding carboxylic acids is 3. The average molecular weight is 366 g/mol. The Bertz CT molecular complexity index is 662. The predicted molar refractivity (Wildman–Crippen MR) is 97.7 cm³/mol. The van der Waals surface area contributed by atoms with Gasteiger partial charge in [0.25, 0.3) is 5.91 Å². The number of hydrogen-bond acceptors (Lipinski definition) is 4. The summed E-state index contributed by atoms with van der Waals surface area (Å²) in [7, 11) is 0. The molecule has 1 heterocycles. The van der Waals surface area contributed by atoms with E-state index >= 15 is 0 Å². The second-order valence-corrected chi connectivity index (χ2v) is 7.49. The molecule has 0 spiro atoms. The first-order valence-electron chi connectivity index (χ1n) is 8.30. The zero-order valence-corrected chi connectivity index (χ0v) is 15.6. The third-order valence-electron chi connectivity index (χ3n) is 4.11. The van der Waals surface area contributed by atoms with E-state index in [0.717, 1.165) is 5.69 Å². The van der Waals surface area contributed by atoms with Crippen LogP contribution in [0.4, 0.5) is 5.69 Å². The summed E-state index contributed by atoms with van der Waals surface area (Å²) in [5, 5.41) is 3.11. The summed E-state index contributed by atoms with van der Waals surface area (Å²) in [5.41, 5.74) is 0.202. The molecule has 2 rings (SSSR count). The second kappa shape index (κ2) is 7.87. The van der Waals surface area contributed by atoms with Crippen LogP contribution in [0, 0.1) is 5.41 Å². The Labute approximate surface area is 153 Å². The smallest absolute Gasteiger partial charge is 0.288 e. The van der Waals surface area contributed by atoms with Crippen molar-refractivity contribution in [3.05, 3.63) is 29.3 Å². The van der Waals surface area contributed by atoms with Crippen LogP contribution in [0.5, 0.6) is 0 Å². The lowest BCUT2D eigenvalue weighted by molar-refractivity contribution is -0.143. The molecule has 0 aliphatic carbocycles. The summed E-state index contributed by atoms with van der Waals surface area (Å²) >= 11 is 6.21. The lowest BCUT2D eigenvalue weighted by Gasteiger charge is -2.36. The first kappa shape index (κ1) is 19.2. The Balaban J connectivity index is 1.83. The summed E-state index contributed by atoms with van der Waals surface area (Å²) in [6.45, 7) is 7.29. The van der Waals surface area contributed by atoms with Gasteiger partial charge in [-0.05, 0) is 12.1 Å². The van der Waals surface area contributed by atoms with Crippen LogP contribution < -0.4 is 10.2 Å². The minimum atomic E-state index is -0.756. The normalized spacial score (nSPS) is 15.0. The molecule has 1 aromatic rings. The number of piperazine rings is 1. The van der Waals surface area contributed by atoms with E-state index in [1.165, 1.54) is 0 Å². The van der Waals surface area contributed by atoms with Crippen LogP contribution in [-0.4, -0.2) is 55.2 Å². The lowest BCUT2D eigenvalue weighted by Crippen LogP contribution is -2.52. The molecular formula is C18H24ClN3O3. The van der Waals surface area contributed by atoms with Crippen LogP contribution in [0.3, 0.4) is 0 Å². The quantitative estimate of drug-likeness (QED) is 0.825. The Morgan fingerprint density at radius 2 is 1.68 bits per heavy atom. The fraction of sp³-hybridized carbons (Fsp3) is 0.500. The number of nitrogens with zero attached hydrogens (tertiary/aromatic N) is 2. The Morgan fingerprint density at radius 1 is 1.08 bits per heavy atom. The molecule has 0 saturated carbocycles. The van der Waals surface area contributed by atoms with Gasteiger partial charge in [-0.15, -0.1) is 0 Å². The van der Waals surface area contributed by atoms with Crippen LogP contribution >= 0.6 is 11.6 Å². The van der Waals surface area contributed by atoms with Crippen molar-refractivity contribution in [2.24, 2.45) is 5.41 Å². The molecule has 1 aromatic carbocycles. The van der Waals surface area contributed by atoms with Crippen molar-refractivity contribution in [3.63, 3.8) is 0 Å². The molecule has 1 N–H and O–H groups in total. The van der Waals surface area contributed by atoms with E-state index < -0.39 is 17.1 Å². The number of para-hydroxylation sites is 1. The SMILES string of the molecule is CC(C)(C)C(=O)C(=O)NCC(=O)N1CCN(c2ccccc2Cl)CC1. The van der Waals surface area contributed by atoms with E-state index in [-0.39, 0.29) is 12.5 Å². The summed E-state index contributed by atoms with van der Waals surface area (Å²) in [6, 6.07) is 7.61. The minimum Gasteiger partial charge on any atom is -0.367 e. The first-order valence-corrected chi connectivity index (χ1v) is 8.68. The van der Waals surface area contributed by atoms with E-state index in [1.807, 2.05) is 24.3 Å². The van der Waals surface area contributed by atoms with Gasteiger partial charge in [-0.25, -0.2) is 0 Å². The van der Waals surface area contributed by atoms with Crippen molar-refractivity contribution in [1.82, 2.24) is 10.2 Å². The Hall–Kier alpha value is -2.08. The maximum Gasteiger partial charge on any atom is 0.288 e. The number of hydrogen-bond donors (Lipinski definition) is 1. The third kappa shape index (κ3) is 4.95. The van der Waals surface area contributed by atoms with Gasteiger partial charge in [0, 0.05) is 31.6 Å². The first-order chi connectivity index (χ1) is 11.7. The largest absolute Gasteiger partial charge is 0.367 e. The van der Waals surface area contributed by atoms with Crippen LogP contribution in [-0.2, 0) is 14.4 Å². The molecular weight excluding hydrogens is 342 g/mol. The van der Waals surface area contributed by atoms with Gasteiger partial charge in [0.1, 0.15) is 0 Å². The monoisotopic (exact) mass is 365 g/mol.